The van der Waals surface area contributed by atoms with Gasteiger partial charge in [-0.2, -0.15) is 0 Å². The molecule has 1 aromatic rings. The lowest BCUT2D eigenvalue weighted by Crippen LogP contribution is -2.45. The highest BCUT2D eigenvalue weighted by atomic mass is 19.3. The lowest BCUT2D eigenvalue weighted by Gasteiger charge is -2.33. The highest BCUT2D eigenvalue weighted by Gasteiger charge is 2.27. The van der Waals surface area contributed by atoms with Crippen LogP contribution in [-0.4, -0.2) is 36.9 Å². The second-order valence-corrected chi connectivity index (χ2v) is 5.29. The van der Waals surface area contributed by atoms with E-state index in [0.29, 0.717) is 12.1 Å². The van der Waals surface area contributed by atoms with E-state index >= 15 is 0 Å². The van der Waals surface area contributed by atoms with Crippen molar-refractivity contribution in [3.8, 4) is 0 Å². The molecule has 0 spiro atoms. The van der Waals surface area contributed by atoms with Gasteiger partial charge in [0.2, 0.25) is 5.91 Å². The number of hydrogen-bond donors (Lipinski definition) is 1. The van der Waals surface area contributed by atoms with Crippen LogP contribution in [0.3, 0.4) is 0 Å². The summed E-state index contributed by atoms with van der Waals surface area (Å²) >= 11 is 0. The van der Waals surface area contributed by atoms with Gasteiger partial charge in [-0.3, -0.25) is 4.79 Å². The summed E-state index contributed by atoms with van der Waals surface area (Å²) < 4.78 is 26.2. The maximum atomic E-state index is 13.1. The first kappa shape index (κ1) is 14.9. The van der Waals surface area contributed by atoms with E-state index in [1.54, 1.807) is 37.3 Å². The number of alkyl halides is 2. The second kappa shape index (κ2) is 6.79. The number of halogens is 2. The maximum absolute atomic E-state index is 13.1. The fraction of sp³-hybridized carbons (Fsp3) is 0.533. The van der Waals surface area contributed by atoms with Gasteiger partial charge in [0.1, 0.15) is 6.04 Å². The zero-order valence-electron chi connectivity index (χ0n) is 11.6. The summed E-state index contributed by atoms with van der Waals surface area (Å²) in [6, 6.07) is 7.14. The van der Waals surface area contributed by atoms with Gasteiger partial charge in [-0.15, -0.1) is 0 Å². The van der Waals surface area contributed by atoms with E-state index in [0.717, 1.165) is 19.5 Å². The van der Waals surface area contributed by atoms with Crippen LogP contribution in [0.4, 0.5) is 8.78 Å². The minimum Gasteiger partial charge on any atom is -0.343 e. The summed E-state index contributed by atoms with van der Waals surface area (Å²) in [4.78, 5) is 14.2. The number of nitrogens with zero attached hydrogens (tertiary/aromatic N) is 1. The molecule has 0 saturated carbocycles. The van der Waals surface area contributed by atoms with E-state index in [2.05, 4.69) is 10.2 Å². The number of carbonyl (C=O) groups excluding carboxylic acids is 1. The highest BCUT2D eigenvalue weighted by Crippen LogP contribution is 2.21. The van der Waals surface area contributed by atoms with E-state index < -0.39 is 12.5 Å². The van der Waals surface area contributed by atoms with Gasteiger partial charge in [0, 0.05) is 12.5 Å². The first-order valence-electron chi connectivity index (χ1n) is 6.93. The van der Waals surface area contributed by atoms with Gasteiger partial charge < -0.3 is 10.2 Å². The number of nitrogens with one attached hydrogen (secondary N) is 1. The van der Waals surface area contributed by atoms with Gasteiger partial charge in [0.15, 0.2) is 0 Å². The zero-order valence-corrected chi connectivity index (χ0v) is 11.6. The third-order valence-electron chi connectivity index (χ3n) is 3.64. The van der Waals surface area contributed by atoms with Crippen molar-refractivity contribution in [2.45, 2.75) is 25.8 Å². The molecular weight excluding hydrogens is 262 g/mol. The number of likely N-dealkylation sites (tertiary alicyclic amines) is 1. The van der Waals surface area contributed by atoms with Crippen molar-refractivity contribution in [3.63, 3.8) is 0 Å². The molecule has 2 atom stereocenters. The third-order valence-corrected chi connectivity index (χ3v) is 3.64. The molecule has 0 aliphatic carbocycles. The molecule has 1 heterocycles. The van der Waals surface area contributed by atoms with Crippen LogP contribution in [0.15, 0.2) is 30.3 Å². The summed E-state index contributed by atoms with van der Waals surface area (Å²) in [5.41, 5.74) is 0.437. The molecular formula is C15H20F2N2O. The average molecular weight is 282 g/mol. The lowest BCUT2D eigenvalue weighted by molar-refractivity contribution is -0.127. The Morgan fingerprint density at radius 2 is 1.95 bits per heavy atom. The van der Waals surface area contributed by atoms with Gasteiger partial charge in [0.25, 0.3) is 6.43 Å². The first-order chi connectivity index (χ1) is 9.58. The van der Waals surface area contributed by atoms with Crippen molar-refractivity contribution in [1.29, 1.82) is 0 Å². The minimum atomic E-state index is -2.61. The molecule has 3 nitrogen and oxygen atoms in total. The van der Waals surface area contributed by atoms with Crippen LogP contribution in [0, 0.1) is 5.92 Å². The molecule has 0 radical (unpaired) electrons. The molecule has 1 fully saturated rings. The molecule has 1 saturated heterocycles. The first-order valence-corrected chi connectivity index (χ1v) is 6.93. The van der Waals surface area contributed by atoms with E-state index in [4.69, 9.17) is 0 Å². The Morgan fingerprint density at radius 1 is 1.30 bits per heavy atom. The van der Waals surface area contributed by atoms with Gasteiger partial charge in [-0.05, 0) is 25.1 Å². The molecule has 1 amide bonds. The smallest absolute Gasteiger partial charge is 0.262 e. The molecule has 1 aromatic carbocycles. The Bertz CT molecular complexity index is 435. The van der Waals surface area contributed by atoms with E-state index in [-0.39, 0.29) is 11.8 Å². The molecule has 0 bridgehead atoms. The molecule has 110 valence electrons. The summed E-state index contributed by atoms with van der Waals surface area (Å²) in [6.07, 6.45) is -1.46. The van der Waals surface area contributed by atoms with Gasteiger partial charge >= 0.3 is 0 Å². The SMILES string of the molecule is C[C@H](CN1CCC1)C(=O)NC(c1ccccc1)C(F)F. The number of amides is 1. The van der Waals surface area contributed by atoms with Crippen LogP contribution >= 0.6 is 0 Å². The Morgan fingerprint density at radius 3 is 2.45 bits per heavy atom. The summed E-state index contributed by atoms with van der Waals surface area (Å²) in [6.45, 7) is 4.40. The third kappa shape index (κ3) is 3.76. The molecule has 1 aliphatic heterocycles. The Hall–Kier alpha value is -1.49. The zero-order chi connectivity index (χ0) is 14.5. The quantitative estimate of drug-likeness (QED) is 0.869. The summed E-state index contributed by atoms with van der Waals surface area (Å²) in [5, 5.41) is 2.47. The molecule has 1 unspecified atom stereocenters. The van der Waals surface area contributed by atoms with Gasteiger partial charge in [-0.1, -0.05) is 37.3 Å². The number of carbonyl (C=O) groups is 1. The van der Waals surface area contributed by atoms with Crippen LogP contribution < -0.4 is 5.32 Å². The largest absolute Gasteiger partial charge is 0.343 e. The molecule has 1 aliphatic rings. The molecule has 0 aromatic heterocycles. The predicted molar refractivity (Wildman–Crippen MR) is 73.6 cm³/mol. The number of rotatable bonds is 6. The van der Waals surface area contributed by atoms with Crippen molar-refractivity contribution in [3.05, 3.63) is 35.9 Å². The van der Waals surface area contributed by atoms with Crippen molar-refractivity contribution in [1.82, 2.24) is 10.2 Å². The summed E-state index contributed by atoms with van der Waals surface area (Å²) in [5.74, 6) is -0.591. The fourth-order valence-corrected chi connectivity index (χ4v) is 2.28. The van der Waals surface area contributed by atoms with E-state index in [1.807, 2.05) is 0 Å². The Labute approximate surface area is 118 Å². The van der Waals surface area contributed by atoms with Crippen LogP contribution in [0.1, 0.15) is 24.9 Å². The van der Waals surface area contributed by atoms with Crippen LogP contribution in [0.5, 0.6) is 0 Å². The van der Waals surface area contributed by atoms with Crippen LogP contribution in [0.25, 0.3) is 0 Å². The average Bonchev–Trinajstić information content (AvgIpc) is 2.40. The topological polar surface area (TPSA) is 32.3 Å². The number of benzene rings is 1. The maximum Gasteiger partial charge on any atom is 0.262 e. The Balaban J connectivity index is 1.95. The fourth-order valence-electron chi connectivity index (χ4n) is 2.28. The predicted octanol–water partition coefficient (Wildman–Crippen LogP) is 2.45. The molecule has 5 heteroatoms. The monoisotopic (exact) mass is 282 g/mol. The summed E-state index contributed by atoms with van der Waals surface area (Å²) in [7, 11) is 0. The minimum absolute atomic E-state index is 0.278. The second-order valence-electron chi connectivity index (χ2n) is 5.29. The normalized spacial score (nSPS) is 18.4. The lowest BCUT2D eigenvalue weighted by atomic mass is 10.0. The van der Waals surface area contributed by atoms with Crippen LogP contribution in [-0.2, 0) is 4.79 Å². The van der Waals surface area contributed by atoms with Crippen molar-refractivity contribution >= 4 is 5.91 Å². The van der Waals surface area contributed by atoms with Crippen molar-refractivity contribution in [2.75, 3.05) is 19.6 Å². The van der Waals surface area contributed by atoms with Crippen LogP contribution in [0.2, 0.25) is 0 Å². The van der Waals surface area contributed by atoms with E-state index in [9.17, 15) is 13.6 Å². The van der Waals surface area contributed by atoms with Crippen molar-refractivity contribution < 1.29 is 13.6 Å². The van der Waals surface area contributed by atoms with Gasteiger partial charge in [0.05, 0.1) is 0 Å². The Kier molecular flexibility index (Phi) is 5.06. The highest BCUT2D eigenvalue weighted by molar-refractivity contribution is 5.79. The molecule has 2 rings (SSSR count). The van der Waals surface area contributed by atoms with Crippen molar-refractivity contribution in [2.24, 2.45) is 5.92 Å². The molecule has 20 heavy (non-hydrogen) atoms. The number of hydrogen-bond acceptors (Lipinski definition) is 2. The van der Waals surface area contributed by atoms with Gasteiger partial charge in [-0.25, -0.2) is 8.78 Å². The molecule has 1 N–H and O–H groups in total. The standard InChI is InChI=1S/C15H20F2N2O/c1-11(10-19-8-5-9-19)15(20)18-13(14(16)17)12-6-3-2-4-7-12/h2-4,6-7,11,13-14H,5,8-10H2,1H3,(H,18,20)/t11-,13?/m1/s1. The van der Waals surface area contributed by atoms with E-state index in [1.165, 1.54) is 0 Å².